The minimum Gasteiger partial charge on any atom is -0.384 e. The first-order chi connectivity index (χ1) is 20.2. The highest BCUT2D eigenvalue weighted by atomic mass is 19.1. The van der Waals surface area contributed by atoms with Crippen LogP contribution in [0.3, 0.4) is 0 Å². The van der Waals surface area contributed by atoms with Gasteiger partial charge in [-0.1, -0.05) is 12.1 Å². The fourth-order valence-corrected chi connectivity index (χ4v) is 5.56. The van der Waals surface area contributed by atoms with Gasteiger partial charge in [-0.05, 0) is 89.1 Å². The van der Waals surface area contributed by atoms with E-state index in [0.29, 0.717) is 17.6 Å². The van der Waals surface area contributed by atoms with Crippen molar-refractivity contribution in [2.24, 2.45) is 0 Å². The summed E-state index contributed by atoms with van der Waals surface area (Å²) in [6, 6.07) is 14.0. The lowest BCUT2D eigenvalue weighted by atomic mass is 9.95. The number of carbonyl (C=O) groups is 1. The number of aromatic nitrogens is 4. The van der Waals surface area contributed by atoms with E-state index < -0.39 is 17.3 Å². The number of amides is 1. The second-order valence-electron chi connectivity index (χ2n) is 11.3. The predicted molar refractivity (Wildman–Crippen MR) is 161 cm³/mol. The smallest absolute Gasteiger partial charge is 0.256 e. The van der Waals surface area contributed by atoms with E-state index in [2.05, 4.69) is 71.8 Å². The molecule has 10 nitrogen and oxygen atoms in total. The third kappa shape index (κ3) is 5.97. The lowest BCUT2D eigenvalue weighted by molar-refractivity contribution is 0.0443. The molecule has 11 heteroatoms. The van der Waals surface area contributed by atoms with Gasteiger partial charge >= 0.3 is 0 Å². The maximum absolute atomic E-state index is 14.4. The van der Waals surface area contributed by atoms with Crippen molar-refractivity contribution in [2.45, 2.75) is 44.2 Å². The summed E-state index contributed by atoms with van der Waals surface area (Å²) in [5, 5.41) is 21.0. The zero-order valence-corrected chi connectivity index (χ0v) is 23.8. The van der Waals surface area contributed by atoms with Crippen LogP contribution in [0.2, 0.25) is 0 Å². The standard InChI is InChI=1S/C31H35FN8O2/c1-31(42)13-4-5-21(32)18-33-29(41)24-19-34-30(38-28(24)37-27-7-3-6-26(31)36-27)35-22-8-9-25-20(17-22)10-16-40(25)23-11-14-39(2)15-12-23/h3,5-10,16-17,19,23,42H,4,11-15,18H2,1-2H3,(H,33,41)(H2,34,35,36,37,38)/b21-5+. The third-order valence-electron chi connectivity index (χ3n) is 8.05. The Kier molecular flexibility index (Phi) is 7.61. The fraction of sp³-hybridized carbons (Fsp3) is 0.355. The molecule has 1 saturated heterocycles. The maximum Gasteiger partial charge on any atom is 0.256 e. The lowest BCUT2D eigenvalue weighted by Gasteiger charge is -2.30. The number of piperidine rings is 1. The van der Waals surface area contributed by atoms with Crippen LogP contribution in [0.1, 0.15) is 54.7 Å². The Balaban J connectivity index is 1.29. The molecule has 0 aliphatic carbocycles. The normalized spacial score (nSPS) is 21.9. The predicted octanol–water partition coefficient (Wildman–Crippen LogP) is 5.16. The molecule has 42 heavy (non-hydrogen) atoms. The maximum atomic E-state index is 14.4. The van der Waals surface area contributed by atoms with Crippen molar-refractivity contribution in [2.75, 3.05) is 37.3 Å². The Bertz CT molecular complexity index is 1640. The number of rotatable bonds is 3. The molecule has 0 spiro atoms. The largest absolute Gasteiger partial charge is 0.384 e. The molecule has 0 radical (unpaired) electrons. The molecule has 0 saturated carbocycles. The molecule has 1 aromatic carbocycles. The number of pyridine rings is 1. The molecule has 1 fully saturated rings. The van der Waals surface area contributed by atoms with Crippen molar-refractivity contribution in [1.82, 2.24) is 29.7 Å². The molecule has 1 atom stereocenters. The molecule has 4 aromatic rings. The summed E-state index contributed by atoms with van der Waals surface area (Å²) < 4.78 is 16.8. The first kappa shape index (κ1) is 27.8. The van der Waals surface area contributed by atoms with E-state index in [-0.39, 0.29) is 36.7 Å². The monoisotopic (exact) mass is 570 g/mol. The van der Waals surface area contributed by atoms with Gasteiger partial charge < -0.3 is 30.5 Å². The minimum absolute atomic E-state index is 0.134. The molecular formula is C31H35FN8O2. The molecule has 2 bridgehead atoms. The van der Waals surface area contributed by atoms with Crippen LogP contribution >= 0.6 is 0 Å². The number of fused-ring (bicyclic) bond motifs is 4. The van der Waals surface area contributed by atoms with Crippen molar-refractivity contribution in [3.8, 4) is 0 Å². The quantitative estimate of drug-likeness (QED) is 0.267. The van der Waals surface area contributed by atoms with E-state index in [0.717, 1.165) is 37.0 Å². The summed E-state index contributed by atoms with van der Waals surface area (Å²) in [7, 11) is 2.17. The number of carbonyl (C=O) groups excluding carboxylic acids is 1. The Hall–Kier alpha value is -4.35. The number of likely N-dealkylation sites (tertiary alicyclic amines) is 1. The van der Waals surface area contributed by atoms with E-state index in [9.17, 15) is 14.3 Å². The number of anilines is 4. The van der Waals surface area contributed by atoms with Gasteiger partial charge in [0, 0.05) is 35.0 Å². The van der Waals surface area contributed by atoms with Crippen LogP contribution in [0.15, 0.2) is 66.8 Å². The lowest BCUT2D eigenvalue weighted by Crippen LogP contribution is -2.31. The SMILES string of the molecule is CN1CCC(n2ccc3cc(Nc4ncc5c(n4)Nc4cccc(n4)C(C)(O)CC/C=C(/F)CNC5=O)ccc32)CC1. The number of aliphatic hydroxyl groups is 1. The van der Waals surface area contributed by atoms with Gasteiger partial charge in [-0.3, -0.25) is 4.79 Å². The van der Waals surface area contributed by atoms with E-state index in [1.165, 1.54) is 17.8 Å². The average Bonchev–Trinajstić information content (AvgIpc) is 3.39. The van der Waals surface area contributed by atoms with Crippen LogP contribution < -0.4 is 16.0 Å². The molecular weight excluding hydrogens is 535 g/mol. The topological polar surface area (TPSA) is 120 Å². The van der Waals surface area contributed by atoms with Gasteiger partial charge in [-0.2, -0.15) is 4.98 Å². The van der Waals surface area contributed by atoms with Crippen LogP contribution in [0, 0.1) is 0 Å². The van der Waals surface area contributed by atoms with Crippen LogP contribution in [-0.4, -0.2) is 62.1 Å². The summed E-state index contributed by atoms with van der Waals surface area (Å²) in [4.78, 5) is 28.9. The molecule has 1 unspecified atom stereocenters. The summed E-state index contributed by atoms with van der Waals surface area (Å²) >= 11 is 0. The number of halogens is 1. The van der Waals surface area contributed by atoms with E-state index in [1.54, 1.807) is 25.1 Å². The zero-order valence-electron chi connectivity index (χ0n) is 23.8. The first-order valence-electron chi connectivity index (χ1n) is 14.3. The molecule has 3 aromatic heterocycles. The van der Waals surface area contributed by atoms with Gasteiger partial charge in [0.15, 0.2) is 0 Å². The van der Waals surface area contributed by atoms with Crippen LogP contribution in [0.25, 0.3) is 10.9 Å². The summed E-state index contributed by atoms with van der Waals surface area (Å²) in [5.74, 6) is -0.137. The Morgan fingerprint density at radius 2 is 1.98 bits per heavy atom. The highest BCUT2D eigenvalue weighted by Crippen LogP contribution is 2.31. The average molecular weight is 571 g/mol. The number of benzene rings is 1. The van der Waals surface area contributed by atoms with Gasteiger partial charge in [-0.25, -0.2) is 14.4 Å². The van der Waals surface area contributed by atoms with E-state index in [1.807, 2.05) is 6.07 Å². The second kappa shape index (κ2) is 11.5. The van der Waals surface area contributed by atoms with Crippen molar-refractivity contribution in [1.29, 1.82) is 0 Å². The second-order valence-corrected chi connectivity index (χ2v) is 11.3. The molecule has 4 N–H and O–H groups in total. The molecule has 6 rings (SSSR count). The van der Waals surface area contributed by atoms with Gasteiger partial charge in [0.25, 0.3) is 5.91 Å². The third-order valence-corrected chi connectivity index (χ3v) is 8.05. The molecule has 1 amide bonds. The summed E-state index contributed by atoms with van der Waals surface area (Å²) in [5.41, 5.74) is 1.28. The molecule has 218 valence electrons. The Labute approximate surface area is 243 Å². The summed E-state index contributed by atoms with van der Waals surface area (Å²) in [6.45, 7) is 3.56. The van der Waals surface area contributed by atoms with Crippen LogP contribution in [0.5, 0.6) is 0 Å². The van der Waals surface area contributed by atoms with Crippen LogP contribution in [-0.2, 0) is 5.60 Å². The van der Waals surface area contributed by atoms with Crippen molar-refractivity contribution >= 4 is 40.1 Å². The summed E-state index contributed by atoms with van der Waals surface area (Å²) in [6.07, 6.45) is 7.73. The van der Waals surface area contributed by atoms with E-state index in [4.69, 9.17) is 0 Å². The molecule has 2 aliphatic rings. The van der Waals surface area contributed by atoms with E-state index >= 15 is 0 Å². The van der Waals surface area contributed by atoms with Crippen LogP contribution in [0.4, 0.5) is 27.7 Å². The highest BCUT2D eigenvalue weighted by molar-refractivity contribution is 5.99. The molecule has 5 heterocycles. The number of hydrogen-bond acceptors (Lipinski definition) is 8. The van der Waals surface area contributed by atoms with Gasteiger partial charge in [0.05, 0.1) is 12.2 Å². The number of hydrogen-bond donors (Lipinski definition) is 4. The van der Waals surface area contributed by atoms with Gasteiger partial charge in [-0.15, -0.1) is 0 Å². The van der Waals surface area contributed by atoms with Crippen molar-refractivity contribution < 1.29 is 14.3 Å². The number of nitrogens with one attached hydrogen (secondary N) is 3. The molecule has 2 aliphatic heterocycles. The number of nitrogens with zero attached hydrogens (tertiary/aromatic N) is 5. The van der Waals surface area contributed by atoms with Gasteiger partial charge in [0.1, 0.15) is 28.6 Å². The first-order valence-corrected chi connectivity index (χ1v) is 14.3. The number of allylic oxidation sites excluding steroid dienone is 1. The highest BCUT2D eigenvalue weighted by Gasteiger charge is 2.25. The fourth-order valence-electron chi connectivity index (χ4n) is 5.56. The Morgan fingerprint density at radius 3 is 2.81 bits per heavy atom. The van der Waals surface area contributed by atoms with Gasteiger partial charge in [0.2, 0.25) is 5.95 Å². The minimum atomic E-state index is -1.27. The zero-order chi connectivity index (χ0) is 29.3. The van der Waals surface area contributed by atoms with Crippen molar-refractivity contribution in [3.63, 3.8) is 0 Å². The van der Waals surface area contributed by atoms with Crippen molar-refractivity contribution in [3.05, 3.63) is 78.0 Å². The Morgan fingerprint density at radius 1 is 1.14 bits per heavy atom.